The van der Waals surface area contributed by atoms with Gasteiger partial charge in [0.25, 0.3) is 5.97 Å². The number of alkyl halides is 1. The van der Waals surface area contributed by atoms with Crippen molar-refractivity contribution in [3.05, 3.63) is 54.3 Å². The normalized spacial score (nSPS) is 18.8. The molecule has 0 bridgehead atoms. The van der Waals surface area contributed by atoms with Crippen molar-refractivity contribution >= 4 is 23.5 Å². The van der Waals surface area contributed by atoms with Crippen molar-refractivity contribution in [3.63, 3.8) is 0 Å². The van der Waals surface area contributed by atoms with Gasteiger partial charge in [-0.25, -0.2) is 4.79 Å². The maximum Gasteiger partial charge on any atom is 0.387 e. The van der Waals surface area contributed by atoms with Gasteiger partial charge in [0.2, 0.25) is 0 Å². The number of benzene rings is 1. The minimum atomic E-state index is -1.45. The Morgan fingerprint density at radius 2 is 1.93 bits per heavy atom. The SMILES string of the molecule is CC(=O)O.N#CCC1(CCl)C=CC(OC(Oc2ccccc2)C(=O)O)=CC1. The summed E-state index contributed by atoms with van der Waals surface area (Å²) in [6.45, 7) is 1.08. The molecule has 1 aromatic carbocycles. The first kappa shape index (κ1) is 22.1. The van der Waals surface area contributed by atoms with Crippen LogP contribution in [0.25, 0.3) is 0 Å². The van der Waals surface area contributed by atoms with Crippen LogP contribution < -0.4 is 4.74 Å². The second-order valence-electron chi connectivity index (χ2n) is 5.71. The third kappa shape index (κ3) is 7.84. The summed E-state index contributed by atoms with van der Waals surface area (Å²) in [5.41, 5.74) is -0.428. The lowest BCUT2D eigenvalue weighted by Gasteiger charge is -2.28. The van der Waals surface area contributed by atoms with Gasteiger partial charge in [0.15, 0.2) is 0 Å². The number of aliphatic carboxylic acids is 2. The second-order valence-corrected chi connectivity index (χ2v) is 5.98. The van der Waals surface area contributed by atoms with E-state index in [1.165, 1.54) is 0 Å². The zero-order valence-corrected chi connectivity index (χ0v) is 15.4. The largest absolute Gasteiger partial charge is 0.481 e. The molecule has 7 nitrogen and oxygen atoms in total. The van der Waals surface area contributed by atoms with Gasteiger partial charge in [0.1, 0.15) is 11.5 Å². The lowest BCUT2D eigenvalue weighted by Crippen LogP contribution is -2.30. The first-order chi connectivity index (χ1) is 12.8. The van der Waals surface area contributed by atoms with E-state index in [2.05, 4.69) is 6.07 Å². The number of hydrogen-bond acceptors (Lipinski definition) is 5. The van der Waals surface area contributed by atoms with Gasteiger partial charge in [0.05, 0.1) is 6.07 Å². The van der Waals surface area contributed by atoms with Gasteiger partial charge in [-0.1, -0.05) is 24.3 Å². The summed E-state index contributed by atoms with van der Waals surface area (Å²) >= 11 is 5.94. The van der Waals surface area contributed by atoms with Crippen LogP contribution in [0, 0.1) is 16.7 Å². The molecule has 0 saturated heterocycles. The standard InChI is InChI=1S/C17H16ClNO4.C2H4O2/c18-12-17(10-11-19)8-6-14(7-9-17)23-16(15(20)21)22-13-4-2-1-3-5-13;1-2(3)4/h1-8,16H,9-10,12H2,(H,20,21);1H3,(H,3,4). The number of carboxylic acids is 2. The van der Waals surface area contributed by atoms with E-state index < -0.39 is 23.6 Å². The molecule has 0 spiro atoms. The number of nitriles is 1. The minimum absolute atomic E-state index is 0.291. The van der Waals surface area contributed by atoms with Crippen molar-refractivity contribution in [2.24, 2.45) is 5.41 Å². The Kier molecular flexibility index (Phi) is 8.90. The minimum Gasteiger partial charge on any atom is -0.481 e. The number of para-hydroxylation sites is 1. The highest BCUT2D eigenvalue weighted by atomic mass is 35.5. The van der Waals surface area contributed by atoms with Gasteiger partial charge < -0.3 is 19.7 Å². The van der Waals surface area contributed by atoms with E-state index in [1.54, 1.807) is 48.6 Å². The fraction of sp³-hybridized carbons (Fsp3) is 0.316. The molecule has 2 unspecified atom stereocenters. The first-order valence-electron chi connectivity index (χ1n) is 7.95. The van der Waals surface area contributed by atoms with Crippen molar-refractivity contribution in [2.75, 3.05) is 5.88 Å². The smallest absolute Gasteiger partial charge is 0.387 e. The summed E-state index contributed by atoms with van der Waals surface area (Å²) in [5.74, 6) is -0.967. The van der Waals surface area contributed by atoms with Gasteiger partial charge in [-0.15, -0.1) is 11.6 Å². The first-order valence-corrected chi connectivity index (χ1v) is 8.48. The summed E-state index contributed by atoms with van der Waals surface area (Å²) in [7, 11) is 0. The Hall–Kier alpha value is -2.98. The fourth-order valence-corrected chi connectivity index (χ4v) is 2.38. The highest BCUT2D eigenvalue weighted by Gasteiger charge is 2.29. The van der Waals surface area contributed by atoms with E-state index in [0.29, 0.717) is 30.2 Å². The number of rotatable bonds is 7. The van der Waals surface area contributed by atoms with Crippen LogP contribution in [0.3, 0.4) is 0 Å². The quantitative estimate of drug-likeness (QED) is 0.537. The van der Waals surface area contributed by atoms with Gasteiger partial charge in [0, 0.05) is 24.6 Å². The van der Waals surface area contributed by atoms with Gasteiger partial charge in [-0.3, -0.25) is 4.79 Å². The van der Waals surface area contributed by atoms with E-state index in [-0.39, 0.29) is 0 Å². The number of carbonyl (C=O) groups is 2. The number of ether oxygens (including phenoxy) is 2. The molecule has 0 aliphatic heterocycles. The van der Waals surface area contributed by atoms with Crippen LogP contribution >= 0.6 is 11.6 Å². The molecule has 2 atom stereocenters. The molecule has 8 heteroatoms. The lowest BCUT2D eigenvalue weighted by atomic mass is 9.80. The van der Waals surface area contributed by atoms with Crippen molar-refractivity contribution in [2.45, 2.75) is 26.1 Å². The predicted molar refractivity (Wildman–Crippen MR) is 98.1 cm³/mol. The van der Waals surface area contributed by atoms with Crippen LogP contribution in [0.5, 0.6) is 5.75 Å². The van der Waals surface area contributed by atoms with E-state index in [1.807, 2.05) is 0 Å². The second kappa shape index (κ2) is 10.9. The maximum absolute atomic E-state index is 11.3. The molecule has 0 aromatic heterocycles. The number of hydrogen-bond donors (Lipinski definition) is 2. The molecular weight excluding hydrogens is 374 g/mol. The summed E-state index contributed by atoms with van der Waals surface area (Å²) in [6.07, 6.45) is 4.50. The van der Waals surface area contributed by atoms with Crippen molar-refractivity contribution < 1.29 is 29.3 Å². The van der Waals surface area contributed by atoms with Crippen LogP contribution in [0.1, 0.15) is 19.8 Å². The average Bonchev–Trinajstić information content (AvgIpc) is 2.63. The maximum atomic E-state index is 11.3. The van der Waals surface area contributed by atoms with E-state index >= 15 is 0 Å². The highest BCUT2D eigenvalue weighted by Crippen LogP contribution is 2.35. The lowest BCUT2D eigenvalue weighted by molar-refractivity contribution is -0.164. The Morgan fingerprint density at radius 1 is 1.30 bits per heavy atom. The molecule has 1 aromatic rings. The number of allylic oxidation sites excluding steroid dienone is 3. The monoisotopic (exact) mass is 393 g/mol. The van der Waals surface area contributed by atoms with Crippen molar-refractivity contribution in [1.29, 1.82) is 5.26 Å². The molecule has 27 heavy (non-hydrogen) atoms. The number of halogens is 1. The van der Waals surface area contributed by atoms with Gasteiger partial charge in [-0.2, -0.15) is 5.26 Å². The molecule has 0 amide bonds. The third-order valence-electron chi connectivity index (χ3n) is 3.44. The van der Waals surface area contributed by atoms with E-state index in [4.69, 9.17) is 36.2 Å². The zero-order valence-electron chi connectivity index (χ0n) is 14.7. The topological polar surface area (TPSA) is 117 Å². The van der Waals surface area contributed by atoms with Crippen LogP contribution in [-0.4, -0.2) is 34.3 Å². The van der Waals surface area contributed by atoms with Crippen molar-refractivity contribution in [3.8, 4) is 11.8 Å². The summed E-state index contributed by atoms with van der Waals surface area (Å²) in [5, 5.41) is 25.5. The molecule has 144 valence electrons. The summed E-state index contributed by atoms with van der Waals surface area (Å²) < 4.78 is 10.7. The molecule has 1 aliphatic rings. The third-order valence-corrected chi connectivity index (χ3v) is 3.97. The molecule has 0 radical (unpaired) electrons. The molecule has 0 saturated carbocycles. The number of nitrogens with zero attached hydrogens (tertiary/aromatic N) is 1. The summed E-state index contributed by atoms with van der Waals surface area (Å²) in [6, 6.07) is 10.7. The predicted octanol–water partition coefficient (Wildman–Crippen LogP) is 3.57. The fourth-order valence-electron chi connectivity index (χ4n) is 2.09. The van der Waals surface area contributed by atoms with Crippen LogP contribution in [0.2, 0.25) is 0 Å². The zero-order chi connectivity index (χ0) is 20.3. The number of carboxylic acid groups (broad SMARTS) is 2. The molecule has 2 rings (SSSR count). The Balaban J connectivity index is 0.000000828. The van der Waals surface area contributed by atoms with Crippen LogP contribution in [0.15, 0.2) is 54.3 Å². The Morgan fingerprint density at radius 3 is 2.37 bits per heavy atom. The summed E-state index contributed by atoms with van der Waals surface area (Å²) in [4.78, 5) is 20.3. The van der Waals surface area contributed by atoms with Crippen LogP contribution in [0.4, 0.5) is 0 Å². The average molecular weight is 394 g/mol. The highest BCUT2D eigenvalue weighted by molar-refractivity contribution is 6.18. The van der Waals surface area contributed by atoms with Crippen LogP contribution in [-0.2, 0) is 14.3 Å². The van der Waals surface area contributed by atoms with Gasteiger partial charge in [-0.05, 0) is 30.7 Å². The Labute approximate surface area is 162 Å². The Bertz CT molecular complexity index is 736. The molecule has 0 fully saturated rings. The van der Waals surface area contributed by atoms with Crippen molar-refractivity contribution in [1.82, 2.24) is 0 Å². The molecular formula is C19H20ClNO6. The molecule has 2 N–H and O–H groups in total. The van der Waals surface area contributed by atoms with E-state index in [0.717, 1.165) is 6.92 Å². The molecule has 1 aliphatic carbocycles. The van der Waals surface area contributed by atoms with E-state index in [9.17, 15) is 9.90 Å². The molecule has 0 heterocycles. The van der Waals surface area contributed by atoms with Gasteiger partial charge >= 0.3 is 12.3 Å².